The third-order valence-electron chi connectivity index (χ3n) is 3.55. The molecule has 0 fully saturated rings. The third-order valence-corrected chi connectivity index (χ3v) is 3.55. The maximum Gasteiger partial charge on any atom is 0.407 e. The molecule has 0 rings (SSSR count). The first kappa shape index (κ1) is 19.2. The Balaban J connectivity index is 4.19. The van der Waals surface area contributed by atoms with Crippen LogP contribution >= 0.6 is 0 Å². The monoisotopic (exact) mass is 286 g/mol. The van der Waals surface area contributed by atoms with Gasteiger partial charge in [-0.3, -0.25) is 0 Å². The Morgan fingerprint density at radius 2 is 1.55 bits per heavy atom. The lowest BCUT2D eigenvalue weighted by atomic mass is 9.95. The normalized spacial score (nSPS) is 15.3. The predicted molar refractivity (Wildman–Crippen MR) is 84.9 cm³/mol. The van der Waals surface area contributed by atoms with Crippen molar-refractivity contribution >= 4 is 6.09 Å². The van der Waals surface area contributed by atoms with Crippen LogP contribution in [-0.4, -0.2) is 30.8 Å². The second-order valence-corrected chi connectivity index (χ2v) is 7.33. The SMILES string of the molecule is CC(C)C(CNC(=O)OC(C)(C)C)CNC(C)C(C)C. The van der Waals surface area contributed by atoms with Gasteiger partial charge in [0.25, 0.3) is 0 Å². The van der Waals surface area contributed by atoms with Crippen LogP contribution in [-0.2, 0) is 4.74 Å². The average Bonchev–Trinajstić information content (AvgIpc) is 2.25. The van der Waals surface area contributed by atoms with Crippen molar-refractivity contribution in [2.75, 3.05) is 13.1 Å². The van der Waals surface area contributed by atoms with Crippen molar-refractivity contribution in [3.8, 4) is 0 Å². The molecule has 20 heavy (non-hydrogen) atoms. The van der Waals surface area contributed by atoms with Gasteiger partial charge in [-0.25, -0.2) is 4.79 Å². The number of ether oxygens (including phenoxy) is 1. The van der Waals surface area contributed by atoms with E-state index in [2.05, 4.69) is 45.3 Å². The van der Waals surface area contributed by atoms with E-state index in [1.807, 2.05) is 20.8 Å². The maximum atomic E-state index is 11.7. The standard InChI is InChI=1S/C16H34N2O2/c1-11(2)13(5)17-9-14(12(3)4)10-18-15(19)20-16(6,7)8/h11-14,17H,9-10H2,1-8H3,(H,18,19). The van der Waals surface area contributed by atoms with Crippen molar-refractivity contribution in [3.05, 3.63) is 0 Å². The Hall–Kier alpha value is -0.770. The molecule has 0 aliphatic rings. The van der Waals surface area contributed by atoms with Crippen LogP contribution in [0.3, 0.4) is 0 Å². The molecule has 1 amide bonds. The summed E-state index contributed by atoms with van der Waals surface area (Å²) in [4.78, 5) is 11.7. The van der Waals surface area contributed by atoms with Crippen molar-refractivity contribution in [1.82, 2.24) is 10.6 Å². The molecule has 0 bridgehead atoms. The Kier molecular flexibility index (Phi) is 8.17. The van der Waals surface area contributed by atoms with E-state index in [4.69, 9.17) is 4.74 Å². The van der Waals surface area contributed by atoms with Crippen molar-refractivity contribution < 1.29 is 9.53 Å². The van der Waals surface area contributed by atoms with E-state index in [1.165, 1.54) is 0 Å². The summed E-state index contributed by atoms with van der Waals surface area (Å²) in [7, 11) is 0. The van der Waals surface area contributed by atoms with Crippen LogP contribution in [0.15, 0.2) is 0 Å². The van der Waals surface area contributed by atoms with E-state index < -0.39 is 5.60 Å². The Bertz CT molecular complexity index is 283. The van der Waals surface area contributed by atoms with E-state index >= 15 is 0 Å². The summed E-state index contributed by atoms with van der Waals surface area (Å²) in [5, 5.41) is 6.42. The molecule has 0 aromatic carbocycles. The molecule has 4 nitrogen and oxygen atoms in total. The lowest BCUT2D eigenvalue weighted by Gasteiger charge is -2.26. The fraction of sp³-hybridized carbons (Fsp3) is 0.938. The van der Waals surface area contributed by atoms with E-state index in [0.717, 1.165) is 6.54 Å². The molecule has 2 atom stereocenters. The highest BCUT2D eigenvalue weighted by Crippen LogP contribution is 2.11. The van der Waals surface area contributed by atoms with E-state index in [9.17, 15) is 4.79 Å². The molecule has 2 unspecified atom stereocenters. The van der Waals surface area contributed by atoms with Gasteiger partial charge in [-0.2, -0.15) is 0 Å². The highest BCUT2D eigenvalue weighted by atomic mass is 16.6. The quantitative estimate of drug-likeness (QED) is 0.754. The highest BCUT2D eigenvalue weighted by Gasteiger charge is 2.19. The van der Waals surface area contributed by atoms with Crippen LogP contribution < -0.4 is 10.6 Å². The van der Waals surface area contributed by atoms with Crippen molar-refractivity contribution in [1.29, 1.82) is 0 Å². The number of nitrogens with one attached hydrogen (secondary N) is 2. The summed E-state index contributed by atoms with van der Waals surface area (Å²) in [5.74, 6) is 1.53. The minimum absolute atomic E-state index is 0.333. The minimum atomic E-state index is -0.443. The fourth-order valence-corrected chi connectivity index (χ4v) is 1.65. The zero-order valence-corrected chi connectivity index (χ0v) is 14.5. The van der Waals surface area contributed by atoms with Gasteiger partial charge in [0.2, 0.25) is 0 Å². The second kappa shape index (κ2) is 8.50. The van der Waals surface area contributed by atoms with Crippen LogP contribution in [0, 0.1) is 17.8 Å². The first-order valence-corrected chi connectivity index (χ1v) is 7.73. The molecule has 0 aromatic rings. The zero-order valence-electron chi connectivity index (χ0n) is 14.5. The second-order valence-electron chi connectivity index (χ2n) is 7.33. The van der Waals surface area contributed by atoms with E-state index in [-0.39, 0.29) is 6.09 Å². The number of hydrogen-bond donors (Lipinski definition) is 2. The van der Waals surface area contributed by atoms with Gasteiger partial charge in [-0.15, -0.1) is 0 Å². The molecule has 0 radical (unpaired) electrons. The number of rotatable bonds is 7. The molecule has 0 aliphatic carbocycles. The van der Waals surface area contributed by atoms with Crippen LogP contribution in [0.4, 0.5) is 4.79 Å². The molecule has 0 spiro atoms. The van der Waals surface area contributed by atoms with Crippen molar-refractivity contribution in [3.63, 3.8) is 0 Å². The van der Waals surface area contributed by atoms with Crippen molar-refractivity contribution in [2.45, 2.75) is 67.0 Å². The first-order valence-electron chi connectivity index (χ1n) is 7.73. The predicted octanol–water partition coefficient (Wildman–Crippen LogP) is 3.42. The van der Waals surface area contributed by atoms with E-state index in [1.54, 1.807) is 0 Å². The van der Waals surface area contributed by atoms with Gasteiger partial charge in [0.05, 0.1) is 0 Å². The molecule has 0 aromatic heterocycles. The average molecular weight is 286 g/mol. The smallest absolute Gasteiger partial charge is 0.407 e. The molecular formula is C16H34N2O2. The number of hydrogen-bond acceptors (Lipinski definition) is 3. The Labute approximate surface area is 125 Å². The number of amides is 1. The summed E-state index contributed by atoms with van der Waals surface area (Å²) in [5.41, 5.74) is -0.443. The fourth-order valence-electron chi connectivity index (χ4n) is 1.65. The summed E-state index contributed by atoms with van der Waals surface area (Å²) in [6.07, 6.45) is -0.333. The highest BCUT2D eigenvalue weighted by molar-refractivity contribution is 5.67. The Morgan fingerprint density at radius 3 is 1.95 bits per heavy atom. The van der Waals surface area contributed by atoms with Gasteiger partial charge in [0.15, 0.2) is 0 Å². The zero-order chi connectivity index (χ0) is 15.9. The van der Waals surface area contributed by atoms with Gasteiger partial charge < -0.3 is 15.4 Å². The molecule has 0 aliphatic heterocycles. The molecular weight excluding hydrogens is 252 g/mol. The molecule has 0 saturated carbocycles. The molecule has 0 heterocycles. The lowest BCUT2D eigenvalue weighted by molar-refractivity contribution is 0.0514. The van der Waals surface area contributed by atoms with Gasteiger partial charge >= 0.3 is 6.09 Å². The van der Waals surface area contributed by atoms with Gasteiger partial charge in [0.1, 0.15) is 5.60 Å². The first-order chi connectivity index (χ1) is 9.03. The molecule has 0 saturated heterocycles. The number of carbonyl (C=O) groups is 1. The number of carbonyl (C=O) groups excluding carboxylic acids is 1. The van der Waals surface area contributed by atoms with Crippen LogP contribution in [0.5, 0.6) is 0 Å². The van der Waals surface area contributed by atoms with Gasteiger partial charge in [-0.1, -0.05) is 27.7 Å². The van der Waals surface area contributed by atoms with Crippen molar-refractivity contribution in [2.24, 2.45) is 17.8 Å². The summed E-state index contributed by atoms with van der Waals surface area (Å²) >= 11 is 0. The van der Waals surface area contributed by atoms with Gasteiger partial charge in [-0.05, 0) is 45.4 Å². The van der Waals surface area contributed by atoms with Crippen LogP contribution in [0.25, 0.3) is 0 Å². The van der Waals surface area contributed by atoms with Crippen LogP contribution in [0.2, 0.25) is 0 Å². The third kappa shape index (κ3) is 9.18. The topological polar surface area (TPSA) is 50.4 Å². The summed E-state index contributed by atoms with van der Waals surface area (Å²) < 4.78 is 5.26. The summed E-state index contributed by atoms with van der Waals surface area (Å²) in [6.45, 7) is 18.2. The molecule has 4 heteroatoms. The molecule has 120 valence electrons. The van der Waals surface area contributed by atoms with E-state index in [0.29, 0.717) is 30.3 Å². The Morgan fingerprint density at radius 1 is 1.00 bits per heavy atom. The minimum Gasteiger partial charge on any atom is -0.444 e. The molecule has 2 N–H and O–H groups in total. The number of alkyl carbamates (subject to hydrolysis) is 1. The largest absolute Gasteiger partial charge is 0.444 e. The maximum absolute atomic E-state index is 11.7. The van der Waals surface area contributed by atoms with Crippen LogP contribution in [0.1, 0.15) is 55.4 Å². The summed E-state index contributed by atoms with van der Waals surface area (Å²) in [6, 6.07) is 0.484. The van der Waals surface area contributed by atoms with Gasteiger partial charge in [0, 0.05) is 19.1 Å². The lowest BCUT2D eigenvalue weighted by Crippen LogP contribution is -2.42.